The van der Waals surface area contributed by atoms with Crippen molar-refractivity contribution in [3.8, 4) is 0 Å². The van der Waals surface area contributed by atoms with Crippen molar-refractivity contribution in [2.24, 2.45) is 5.92 Å². The zero-order valence-corrected chi connectivity index (χ0v) is 13.4. The molecule has 1 N–H and O–H groups in total. The molecule has 1 unspecified atom stereocenters. The molecule has 3 heterocycles. The van der Waals surface area contributed by atoms with Crippen LogP contribution in [-0.4, -0.2) is 29.0 Å². The van der Waals surface area contributed by atoms with Crippen LogP contribution in [0.5, 0.6) is 0 Å². The molecule has 0 spiro atoms. The predicted octanol–water partition coefficient (Wildman–Crippen LogP) is 2.64. The van der Waals surface area contributed by atoms with Gasteiger partial charge in [-0.15, -0.1) is 0 Å². The molecular formula is C18H22N4O. The van der Waals surface area contributed by atoms with Crippen LogP contribution in [0.25, 0.3) is 0 Å². The van der Waals surface area contributed by atoms with Gasteiger partial charge in [-0.05, 0) is 42.5 Å². The smallest absolute Gasteiger partial charge is 0.270 e. The van der Waals surface area contributed by atoms with Crippen molar-refractivity contribution in [3.63, 3.8) is 0 Å². The average Bonchev–Trinajstić information content (AvgIpc) is 2.61. The van der Waals surface area contributed by atoms with Gasteiger partial charge in [0, 0.05) is 32.0 Å². The SMILES string of the molecule is CC1CCCN(c2ccc(C(=O)NCc3cccnc3)nc2)C1. The number of aromatic nitrogens is 2. The predicted molar refractivity (Wildman–Crippen MR) is 90.3 cm³/mol. The third-order valence-electron chi connectivity index (χ3n) is 4.18. The second-order valence-corrected chi connectivity index (χ2v) is 6.14. The van der Waals surface area contributed by atoms with E-state index in [1.807, 2.05) is 18.2 Å². The number of amides is 1. The van der Waals surface area contributed by atoms with Crippen LogP contribution in [0.3, 0.4) is 0 Å². The van der Waals surface area contributed by atoms with Gasteiger partial charge in [0.2, 0.25) is 0 Å². The van der Waals surface area contributed by atoms with E-state index in [-0.39, 0.29) is 5.91 Å². The van der Waals surface area contributed by atoms with Crippen molar-refractivity contribution >= 4 is 11.6 Å². The summed E-state index contributed by atoms with van der Waals surface area (Å²) in [6.45, 7) is 4.87. The van der Waals surface area contributed by atoms with Crippen LogP contribution in [0.4, 0.5) is 5.69 Å². The van der Waals surface area contributed by atoms with Gasteiger partial charge in [-0.3, -0.25) is 9.78 Å². The van der Waals surface area contributed by atoms with Gasteiger partial charge in [0.15, 0.2) is 0 Å². The highest BCUT2D eigenvalue weighted by Crippen LogP contribution is 2.22. The van der Waals surface area contributed by atoms with Gasteiger partial charge in [-0.2, -0.15) is 0 Å². The van der Waals surface area contributed by atoms with Gasteiger partial charge in [0.1, 0.15) is 5.69 Å². The summed E-state index contributed by atoms with van der Waals surface area (Å²) in [5, 5.41) is 2.87. The average molecular weight is 310 g/mol. The first-order chi connectivity index (χ1) is 11.2. The van der Waals surface area contributed by atoms with Crippen molar-refractivity contribution in [1.82, 2.24) is 15.3 Å². The fourth-order valence-corrected chi connectivity index (χ4v) is 2.91. The van der Waals surface area contributed by atoms with E-state index in [0.29, 0.717) is 18.2 Å². The molecule has 2 aromatic rings. The van der Waals surface area contributed by atoms with Crippen LogP contribution in [0, 0.1) is 5.92 Å². The van der Waals surface area contributed by atoms with Gasteiger partial charge in [-0.25, -0.2) is 4.98 Å². The van der Waals surface area contributed by atoms with Crippen LogP contribution < -0.4 is 10.2 Å². The van der Waals surface area contributed by atoms with Gasteiger partial charge >= 0.3 is 0 Å². The normalized spacial score (nSPS) is 17.8. The van der Waals surface area contributed by atoms with Crippen LogP contribution in [0.1, 0.15) is 35.8 Å². The number of hydrogen-bond donors (Lipinski definition) is 1. The van der Waals surface area contributed by atoms with Crippen molar-refractivity contribution in [1.29, 1.82) is 0 Å². The van der Waals surface area contributed by atoms with Gasteiger partial charge in [0.25, 0.3) is 5.91 Å². The monoisotopic (exact) mass is 310 g/mol. The summed E-state index contributed by atoms with van der Waals surface area (Å²) < 4.78 is 0. The van der Waals surface area contributed by atoms with E-state index < -0.39 is 0 Å². The summed E-state index contributed by atoms with van der Waals surface area (Å²) in [7, 11) is 0. The number of carbonyl (C=O) groups excluding carboxylic acids is 1. The third kappa shape index (κ3) is 4.06. The number of anilines is 1. The Kier molecular flexibility index (Phi) is 4.86. The molecule has 5 nitrogen and oxygen atoms in total. The highest BCUT2D eigenvalue weighted by molar-refractivity contribution is 5.92. The first-order valence-corrected chi connectivity index (χ1v) is 8.10. The van der Waals surface area contributed by atoms with Crippen molar-refractivity contribution in [3.05, 3.63) is 54.1 Å². The second-order valence-electron chi connectivity index (χ2n) is 6.14. The number of carbonyl (C=O) groups is 1. The van der Waals surface area contributed by atoms with Crippen LogP contribution in [0.2, 0.25) is 0 Å². The Morgan fingerprint density at radius 2 is 2.26 bits per heavy atom. The lowest BCUT2D eigenvalue weighted by molar-refractivity contribution is 0.0946. The summed E-state index contributed by atoms with van der Waals surface area (Å²) in [5.74, 6) is 0.554. The molecule has 0 saturated carbocycles. The van der Waals surface area contributed by atoms with Gasteiger partial charge in [-0.1, -0.05) is 13.0 Å². The number of nitrogens with one attached hydrogen (secondary N) is 1. The van der Waals surface area contributed by atoms with Gasteiger partial charge in [0.05, 0.1) is 11.9 Å². The van der Waals surface area contributed by atoms with E-state index in [9.17, 15) is 4.79 Å². The summed E-state index contributed by atoms with van der Waals surface area (Å²) in [6, 6.07) is 7.58. The molecule has 3 rings (SSSR count). The number of rotatable bonds is 4. The fraction of sp³-hybridized carbons (Fsp3) is 0.389. The number of hydrogen-bond acceptors (Lipinski definition) is 4. The number of piperidine rings is 1. The second kappa shape index (κ2) is 7.22. The summed E-state index contributed by atoms with van der Waals surface area (Å²) in [5.41, 5.74) is 2.52. The zero-order chi connectivity index (χ0) is 16.1. The van der Waals surface area contributed by atoms with E-state index in [4.69, 9.17) is 0 Å². The molecule has 0 aliphatic carbocycles. The van der Waals surface area contributed by atoms with E-state index in [1.54, 1.807) is 24.7 Å². The maximum absolute atomic E-state index is 12.2. The summed E-state index contributed by atoms with van der Waals surface area (Å²) >= 11 is 0. The Morgan fingerprint density at radius 3 is 2.96 bits per heavy atom. The third-order valence-corrected chi connectivity index (χ3v) is 4.18. The van der Waals surface area contributed by atoms with Crippen molar-refractivity contribution < 1.29 is 4.79 Å². The largest absolute Gasteiger partial charge is 0.370 e. The highest BCUT2D eigenvalue weighted by atomic mass is 16.1. The van der Waals surface area contributed by atoms with Crippen LogP contribution >= 0.6 is 0 Å². The molecule has 1 amide bonds. The van der Waals surface area contributed by atoms with E-state index in [0.717, 1.165) is 24.3 Å². The van der Waals surface area contributed by atoms with Crippen molar-refractivity contribution in [2.45, 2.75) is 26.3 Å². The topological polar surface area (TPSA) is 58.1 Å². The minimum Gasteiger partial charge on any atom is -0.370 e. The zero-order valence-electron chi connectivity index (χ0n) is 13.4. The molecule has 23 heavy (non-hydrogen) atoms. The molecule has 1 aliphatic heterocycles. The number of pyridine rings is 2. The quantitative estimate of drug-likeness (QED) is 0.943. The molecule has 1 fully saturated rings. The molecule has 0 radical (unpaired) electrons. The molecule has 1 atom stereocenters. The molecule has 5 heteroatoms. The highest BCUT2D eigenvalue weighted by Gasteiger charge is 2.17. The summed E-state index contributed by atoms with van der Waals surface area (Å²) in [6.07, 6.45) is 7.77. The fourth-order valence-electron chi connectivity index (χ4n) is 2.91. The minimum absolute atomic E-state index is 0.160. The van der Waals surface area contributed by atoms with E-state index >= 15 is 0 Å². The van der Waals surface area contributed by atoms with E-state index in [1.165, 1.54) is 12.8 Å². The first-order valence-electron chi connectivity index (χ1n) is 8.10. The molecule has 1 saturated heterocycles. The van der Waals surface area contributed by atoms with E-state index in [2.05, 4.69) is 27.1 Å². The Hall–Kier alpha value is -2.43. The first kappa shape index (κ1) is 15.5. The molecular weight excluding hydrogens is 288 g/mol. The molecule has 1 aliphatic rings. The van der Waals surface area contributed by atoms with Crippen LogP contribution in [0.15, 0.2) is 42.9 Å². The maximum Gasteiger partial charge on any atom is 0.270 e. The minimum atomic E-state index is -0.160. The Morgan fingerprint density at radius 1 is 1.35 bits per heavy atom. The Bertz CT molecular complexity index is 642. The molecule has 120 valence electrons. The standard InChI is InChI=1S/C18H22N4O/c1-14-4-3-9-22(13-14)16-6-7-17(20-12-16)18(23)21-11-15-5-2-8-19-10-15/h2,5-8,10,12,14H,3-4,9,11,13H2,1H3,(H,21,23). The maximum atomic E-state index is 12.2. The van der Waals surface area contributed by atoms with Gasteiger partial charge < -0.3 is 10.2 Å². The number of nitrogens with zero attached hydrogens (tertiary/aromatic N) is 3. The summed E-state index contributed by atoms with van der Waals surface area (Å²) in [4.78, 5) is 22.8. The lowest BCUT2D eigenvalue weighted by Gasteiger charge is -2.32. The Balaban J connectivity index is 1.59. The molecule has 2 aromatic heterocycles. The molecule has 0 aromatic carbocycles. The van der Waals surface area contributed by atoms with Crippen molar-refractivity contribution in [2.75, 3.05) is 18.0 Å². The van der Waals surface area contributed by atoms with Crippen LogP contribution in [-0.2, 0) is 6.54 Å². The lowest BCUT2D eigenvalue weighted by Crippen LogP contribution is -2.34. The molecule has 0 bridgehead atoms. The Labute approximate surface area is 136 Å². The lowest BCUT2D eigenvalue weighted by atomic mass is 10.00.